The van der Waals surface area contributed by atoms with Gasteiger partial charge in [-0.05, 0) is 29.5 Å². The van der Waals surface area contributed by atoms with Crippen LogP contribution < -0.4 is 10.6 Å². The number of anilines is 1. The van der Waals surface area contributed by atoms with Crippen LogP contribution in [0.5, 0.6) is 0 Å². The van der Waals surface area contributed by atoms with E-state index in [1.807, 2.05) is 6.07 Å². The molecular weight excluding hydrogens is 542 g/mol. The van der Waals surface area contributed by atoms with Gasteiger partial charge in [0.05, 0.1) is 53.1 Å². The van der Waals surface area contributed by atoms with Gasteiger partial charge in [0, 0.05) is 4.90 Å². The van der Waals surface area contributed by atoms with E-state index in [2.05, 4.69) is 0 Å². The highest BCUT2D eigenvalue weighted by Crippen LogP contribution is 2.48. The number of methoxy groups -OCH3 is 2. The minimum Gasteiger partial charge on any atom is -0.466 e. The number of allylic oxidation sites excluding steroid dienone is 1. The Hall–Kier alpha value is -3.33. The van der Waals surface area contributed by atoms with E-state index >= 15 is 0 Å². The van der Waals surface area contributed by atoms with E-state index in [-0.39, 0.29) is 37.6 Å². The van der Waals surface area contributed by atoms with Gasteiger partial charge in [-0.15, -0.1) is 0 Å². The largest absolute Gasteiger partial charge is 0.466 e. The summed E-state index contributed by atoms with van der Waals surface area (Å²) in [5.74, 6) is -3.51. The van der Waals surface area contributed by atoms with E-state index in [9.17, 15) is 28.0 Å². The zero-order valence-corrected chi connectivity index (χ0v) is 20.8. The molecule has 1 aliphatic rings. The first-order valence-electron chi connectivity index (χ1n) is 9.85. The minimum absolute atomic E-state index is 0.157. The molecule has 0 spiro atoms. The number of nitriles is 1. The molecule has 0 radical (unpaired) electrons. The Kier molecular flexibility index (Phi) is 8.13. The van der Waals surface area contributed by atoms with Crippen LogP contribution in [0.25, 0.3) is 0 Å². The summed E-state index contributed by atoms with van der Waals surface area (Å²) in [6.45, 7) is 0. The van der Waals surface area contributed by atoms with Crippen molar-refractivity contribution in [2.75, 3.05) is 19.1 Å². The van der Waals surface area contributed by atoms with Crippen molar-refractivity contribution in [1.82, 2.24) is 0 Å². The van der Waals surface area contributed by atoms with Crippen LogP contribution >= 0.6 is 35.0 Å². The predicted molar refractivity (Wildman–Crippen MR) is 128 cm³/mol. The standard InChI is InChI=1S/C23H16Cl2F3N3O4S/c1-34-21(32)17-16(11-6-4-3-5-7-11)13(10-29)20(30)31(19(17)22(33)35-2)18-14(24)8-12(9-15(18)25)36-23(26,27)28/h3-9,16H,30H2,1-2H3. The number of carbonyl (C=O) groups is 2. The topological polar surface area (TPSA) is 106 Å². The van der Waals surface area contributed by atoms with E-state index in [0.717, 1.165) is 31.3 Å². The fraction of sp³-hybridized carbons (Fsp3) is 0.174. The van der Waals surface area contributed by atoms with Gasteiger partial charge in [0.1, 0.15) is 11.5 Å². The summed E-state index contributed by atoms with van der Waals surface area (Å²) in [5.41, 5.74) is 1.00. The molecule has 1 heterocycles. The number of ether oxygens (including phenoxy) is 2. The maximum Gasteiger partial charge on any atom is 0.446 e. The maximum atomic E-state index is 13.0. The molecule has 0 bridgehead atoms. The first-order chi connectivity index (χ1) is 16.9. The normalized spacial score (nSPS) is 16.1. The first-order valence-corrected chi connectivity index (χ1v) is 11.4. The summed E-state index contributed by atoms with van der Waals surface area (Å²) >= 11 is 12.2. The van der Waals surface area contributed by atoms with E-state index in [1.54, 1.807) is 30.3 Å². The Morgan fingerprint density at radius 3 is 2.11 bits per heavy atom. The highest BCUT2D eigenvalue weighted by molar-refractivity contribution is 8.00. The van der Waals surface area contributed by atoms with Crippen LogP contribution in [-0.2, 0) is 19.1 Å². The summed E-state index contributed by atoms with van der Waals surface area (Å²) in [4.78, 5) is 26.7. The van der Waals surface area contributed by atoms with Gasteiger partial charge < -0.3 is 15.2 Å². The van der Waals surface area contributed by atoms with Crippen LogP contribution in [0, 0.1) is 11.3 Å². The molecule has 0 saturated heterocycles. The monoisotopic (exact) mass is 557 g/mol. The fourth-order valence-electron chi connectivity index (χ4n) is 3.69. The van der Waals surface area contributed by atoms with Gasteiger partial charge >= 0.3 is 17.4 Å². The van der Waals surface area contributed by atoms with E-state index in [4.69, 9.17) is 38.4 Å². The van der Waals surface area contributed by atoms with Crippen molar-refractivity contribution in [3.63, 3.8) is 0 Å². The third-order valence-electron chi connectivity index (χ3n) is 5.06. The fourth-order valence-corrected chi connectivity index (χ4v) is 5.10. The zero-order chi connectivity index (χ0) is 26.8. The lowest BCUT2D eigenvalue weighted by atomic mass is 9.81. The Labute approximate surface area is 217 Å². The average molecular weight is 558 g/mol. The summed E-state index contributed by atoms with van der Waals surface area (Å²) in [6, 6.07) is 12.1. The Morgan fingerprint density at radius 2 is 1.64 bits per heavy atom. The van der Waals surface area contributed by atoms with Crippen molar-refractivity contribution in [3.8, 4) is 6.07 Å². The predicted octanol–water partition coefficient (Wildman–Crippen LogP) is 5.50. The van der Waals surface area contributed by atoms with Gasteiger partial charge in [-0.1, -0.05) is 53.5 Å². The van der Waals surface area contributed by atoms with Crippen LogP contribution in [0.15, 0.2) is 70.0 Å². The number of rotatable bonds is 5. The molecule has 1 atom stereocenters. The number of thioether (sulfide) groups is 1. The van der Waals surface area contributed by atoms with Crippen LogP contribution in [0.1, 0.15) is 11.5 Å². The molecule has 0 aromatic heterocycles. The number of benzene rings is 2. The molecule has 1 unspecified atom stereocenters. The first kappa shape index (κ1) is 27.3. The van der Waals surface area contributed by atoms with E-state index in [0.29, 0.717) is 5.56 Å². The molecule has 2 N–H and O–H groups in total. The molecule has 0 amide bonds. The maximum absolute atomic E-state index is 13.0. The third kappa shape index (κ3) is 5.26. The lowest BCUT2D eigenvalue weighted by molar-refractivity contribution is -0.139. The molecule has 2 aromatic rings. The number of nitrogens with zero attached hydrogens (tertiary/aromatic N) is 2. The van der Waals surface area contributed by atoms with Crippen molar-refractivity contribution in [2.45, 2.75) is 16.3 Å². The quantitative estimate of drug-likeness (QED) is 0.379. The van der Waals surface area contributed by atoms with Gasteiger partial charge in [-0.3, -0.25) is 4.90 Å². The van der Waals surface area contributed by atoms with Gasteiger partial charge in [0.15, 0.2) is 0 Å². The van der Waals surface area contributed by atoms with Crippen molar-refractivity contribution < 1.29 is 32.2 Å². The molecule has 0 saturated carbocycles. The summed E-state index contributed by atoms with van der Waals surface area (Å²) in [5, 5.41) is 9.35. The number of nitrogens with two attached hydrogens (primary N) is 1. The van der Waals surface area contributed by atoms with Gasteiger partial charge in [-0.2, -0.15) is 18.4 Å². The van der Waals surface area contributed by atoms with Crippen LogP contribution in [0.2, 0.25) is 10.0 Å². The zero-order valence-electron chi connectivity index (χ0n) is 18.5. The number of hydrogen-bond acceptors (Lipinski definition) is 8. The summed E-state index contributed by atoms with van der Waals surface area (Å²) < 4.78 is 48.5. The third-order valence-corrected chi connectivity index (χ3v) is 6.34. The molecule has 1 aliphatic heterocycles. The number of halogens is 5. The lowest BCUT2D eigenvalue weighted by Crippen LogP contribution is -2.41. The molecule has 0 fully saturated rings. The van der Waals surface area contributed by atoms with Crippen molar-refractivity contribution in [3.05, 3.63) is 80.7 Å². The van der Waals surface area contributed by atoms with Crippen LogP contribution in [-0.4, -0.2) is 31.7 Å². The lowest BCUT2D eigenvalue weighted by Gasteiger charge is -2.36. The molecule has 3 rings (SSSR count). The summed E-state index contributed by atoms with van der Waals surface area (Å²) in [7, 11) is 2.12. The number of esters is 2. The molecule has 13 heteroatoms. The molecule has 188 valence electrons. The highest BCUT2D eigenvalue weighted by Gasteiger charge is 2.44. The Bertz CT molecular complexity index is 1300. The molecule has 2 aromatic carbocycles. The van der Waals surface area contributed by atoms with Crippen molar-refractivity contribution in [2.24, 2.45) is 5.73 Å². The Morgan fingerprint density at radius 1 is 1.08 bits per heavy atom. The van der Waals surface area contributed by atoms with Crippen molar-refractivity contribution >= 4 is 52.6 Å². The smallest absolute Gasteiger partial charge is 0.446 e. The molecular formula is C23H16Cl2F3N3O4S. The second kappa shape index (κ2) is 10.7. The van der Waals surface area contributed by atoms with E-state index in [1.165, 1.54) is 0 Å². The SMILES string of the molecule is COC(=O)C1=C(C(=O)OC)N(c2c(Cl)cc(SC(F)(F)F)cc2Cl)C(N)=C(C#N)C1c1ccccc1. The minimum atomic E-state index is -4.62. The number of alkyl halides is 3. The second-order valence-corrected chi connectivity index (χ2v) is 9.07. The number of carbonyl (C=O) groups excluding carboxylic acids is 2. The van der Waals surface area contributed by atoms with Crippen LogP contribution in [0.4, 0.5) is 18.9 Å². The van der Waals surface area contributed by atoms with Gasteiger partial charge in [0.25, 0.3) is 0 Å². The molecule has 7 nitrogen and oxygen atoms in total. The van der Waals surface area contributed by atoms with Gasteiger partial charge in [-0.25, -0.2) is 9.59 Å². The Balaban J connectivity index is 2.40. The van der Waals surface area contributed by atoms with Gasteiger partial charge in [0.2, 0.25) is 0 Å². The molecule has 36 heavy (non-hydrogen) atoms. The highest BCUT2D eigenvalue weighted by atomic mass is 35.5. The van der Waals surface area contributed by atoms with E-state index < -0.39 is 40.8 Å². The van der Waals surface area contributed by atoms with Crippen LogP contribution in [0.3, 0.4) is 0 Å². The van der Waals surface area contributed by atoms with Crippen molar-refractivity contribution in [1.29, 1.82) is 5.26 Å². The summed E-state index contributed by atoms with van der Waals surface area (Å²) in [6.07, 6.45) is 0. The molecule has 0 aliphatic carbocycles. The number of hydrogen-bond donors (Lipinski definition) is 1. The average Bonchev–Trinajstić information content (AvgIpc) is 2.82. The second-order valence-electron chi connectivity index (χ2n) is 7.12.